The summed E-state index contributed by atoms with van der Waals surface area (Å²) < 4.78 is 0. The van der Waals surface area contributed by atoms with Crippen LogP contribution in [0.2, 0.25) is 0 Å². The number of hydrogen-bond acceptors (Lipinski definition) is 2. The molecule has 0 bridgehead atoms. The molecule has 0 unspecified atom stereocenters. The molecular formula is C30H34N4S2. The summed E-state index contributed by atoms with van der Waals surface area (Å²) in [4.78, 5) is 0. The van der Waals surface area contributed by atoms with E-state index in [1.807, 2.05) is 0 Å². The zero-order valence-corrected chi connectivity index (χ0v) is 22.6. The highest BCUT2D eigenvalue weighted by Crippen LogP contribution is 2.33. The monoisotopic (exact) mass is 514 g/mol. The Morgan fingerprint density at radius 3 is 1.47 bits per heavy atom. The molecule has 4 aromatic rings. The van der Waals surface area contributed by atoms with Gasteiger partial charge in [0.1, 0.15) is 0 Å². The maximum atomic E-state index is 5.53. The number of thiocarbonyl (C=S) groups is 2. The lowest BCUT2D eigenvalue weighted by molar-refractivity contribution is 0.758. The summed E-state index contributed by atoms with van der Waals surface area (Å²) in [5.41, 5.74) is 4.33. The number of benzene rings is 4. The molecule has 36 heavy (non-hydrogen) atoms. The van der Waals surface area contributed by atoms with Gasteiger partial charge in [0, 0.05) is 35.2 Å². The molecule has 4 nitrogen and oxygen atoms in total. The van der Waals surface area contributed by atoms with Crippen LogP contribution >= 0.6 is 24.4 Å². The molecule has 4 rings (SSSR count). The second-order valence-corrected chi connectivity index (χ2v) is 9.77. The minimum absolute atomic E-state index is 0.659. The van der Waals surface area contributed by atoms with Crippen LogP contribution in [0.5, 0.6) is 0 Å². The molecule has 0 amide bonds. The molecule has 0 spiro atoms. The highest BCUT2D eigenvalue weighted by Gasteiger charge is 2.09. The summed E-state index contributed by atoms with van der Waals surface area (Å²) in [6.45, 7) is 6.11. The van der Waals surface area contributed by atoms with E-state index in [1.54, 1.807) is 0 Å². The van der Waals surface area contributed by atoms with Gasteiger partial charge in [-0.25, -0.2) is 0 Å². The number of unbranched alkanes of at least 4 members (excludes halogenated alkanes) is 2. The van der Waals surface area contributed by atoms with Crippen LogP contribution < -0.4 is 21.3 Å². The van der Waals surface area contributed by atoms with Gasteiger partial charge >= 0.3 is 0 Å². The van der Waals surface area contributed by atoms with E-state index in [-0.39, 0.29) is 0 Å². The molecule has 0 aliphatic carbocycles. The van der Waals surface area contributed by atoms with Crippen molar-refractivity contribution in [3.05, 3.63) is 72.8 Å². The Balaban J connectivity index is 1.63. The van der Waals surface area contributed by atoms with Crippen LogP contribution in [0.25, 0.3) is 32.7 Å². The lowest BCUT2D eigenvalue weighted by atomic mass is 9.97. The first-order valence-corrected chi connectivity index (χ1v) is 13.6. The minimum Gasteiger partial charge on any atom is -0.362 e. The molecule has 186 valence electrons. The van der Waals surface area contributed by atoms with Gasteiger partial charge < -0.3 is 21.3 Å². The van der Waals surface area contributed by atoms with Crippen molar-refractivity contribution in [2.24, 2.45) is 0 Å². The molecule has 0 fully saturated rings. The maximum Gasteiger partial charge on any atom is 0.170 e. The third kappa shape index (κ3) is 6.50. The Hall–Kier alpha value is -3.22. The van der Waals surface area contributed by atoms with E-state index in [1.165, 1.54) is 10.8 Å². The predicted octanol–water partition coefficient (Wildman–Crippen LogP) is 7.83. The van der Waals surface area contributed by atoms with Gasteiger partial charge in [0.05, 0.1) is 0 Å². The third-order valence-corrected chi connectivity index (χ3v) is 6.72. The Labute approximate surface area is 224 Å². The lowest BCUT2D eigenvalue weighted by Crippen LogP contribution is -2.29. The average molecular weight is 515 g/mol. The number of nitrogens with one attached hydrogen (secondary N) is 4. The molecule has 0 aliphatic heterocycles. The second-order valence-electron chi connectivity index (χ2n) is 8.95. The highest BCUT2D eigenvalue weighted by molar-refractivity contribution is 7.80. The zero-order chi connectivity index (χ0) is 25.3. The van der Waals surface area contributed by atoms with Crippen molar-refractivity contribution in [3.63, 3.8) is 0 Å². The largest absolute Gasteiger partial charge is 0.362 e. The molecule has 4 aromatic carbocycles. The number of anilines is 2. The summed E-state index contributed by atoms with van der Waals surface area (Å²) in [6, 6.07) is 25.7. The third-order valence-electron chi connectivity index (χ3n) is 6.23. The highest BCUT2D eigenvalue weighted by atomic mass is 32.1. The Bertz CT molecular complexity index is 1260. The number of rotatable bonds is 9. The van der Waals surface area contributed by atoms with Crippen LogP contribution in [0, 0.1) is 0 Å². The first kappa shape index (κ1) is 25.9. The number of fused-ring (bicyclic) bond motifs is 2. The Morgan fingerprint density at radius 2 is 1.06 bits per heavy atom. The van der Waals surface area contributed by atoms with Crippen molar-refractivity contribution in [3.8, 4) is 11.1 Å². The van der Waals surface area contributed by atoms with Crippen molar-refractivity contribution < 1.29 is 0 Å². The number of hydrogen-bond donors (Lipinski definition) is 4. The Kier molecular flexibility index (Phi) is 9.09. The van der Waals surface area contributed by atoms with Gasteiger partial charge in [0.25, 0.3) is 0 Å². The van der Waals surface area contributed by atoms with Gasteiger partial charge in [-0.15, -0.1) is 0 Å². The van der Waals surface area contributed by atoms with E-state index >= 15 is 0 Å². The van der Waals surface area contributed by atoms with Gasteiger partial charge in [-0.1, -0.05) is 75.2 Å². The van der Waals surface area contributed by atoms with Crippen molar-refractivity contribution >= 4 is 67.6 Å². The summed E-state index contributed by atoms with van der Waals surface area (Å²) in [6.07, 6.45) is 4.47. The molecule has 6 heteroatoms. The fourth-order valence-electron chi connectivity index (χ4n) is 4.21. The summed E-state index contributed by atoms with van der Waals surface area (Å²) in [5.74, 6) is 0. The van der Waals surface area contributed by atoms with Gasteiger partial charge in [-0.3, -0.25) is 0 Å². The van der Waals surface area contributed by atoms with E-state index in [0.717, 1.165) is 72.0 Å². The van der Waals surface area contributed by atoms with E-state index in [4.69, 9.17) is 24.4 Å². The first-order valence-electron chi connectivity index (χ1n) is 12.7. The first-order chi connectivity index (χ1) is 17.6. The predicted molar refractivity (Wildman–Crippen MR) is 165 cm³/mol. The molecule has 4 N–H and O–H groups in total. The van der Waals surface area contributed by atoms with E-state index in [9.17, 15) is 0 Å². The molecule has 0 atom stereocenters. The topological polar surface area (TPSA) is 48.1 Å². The second kappa shape index (κ2) is 12.7. The maximum absolute atomic E-state index is 5.53. The SMILES string of the molecule is CCCCNC(=S)Nc1cccc2ccc(-c3ccc4cccc(NC(=S)NCCCC)c4c3)cc12. The summed E-state index contributed by atoms with van der Waals surface area (Å²) >= 11 is 11.1. The molecule has 0 aliphatic rings. The van der Waals surface area contributed by atoms with Crippen LogP contribution in [0.15, 0.2) is 72.8 Å². The fourth-order valence-corrected chi connectivity index (χ4v) is 4.64. The summed E-state index contributed by atoms with van der Waals surface area (Å²) in [7, 11) is 0. The summed E-state index contributed by atoms with van der Waals surface area (Å²) in [5, 5.41) is 19.3. The Morgan fingerprint density at radius 1 is 0.611 bits per heavy atom. The molecule has 0 aromatic heterocycles. The minimum atomic E-state index is 0.659. The smallest absolute Gasteiger partial charge is 0.170 e. The lowest BCUT2D eigenvalue weighted by Gasteiger charge is -2.15. The average Bonchev–Trinajstić information content (AvgIpc) is 2.89. The van der Waals surface area contributed by atoms with E-state index in [0.29, 0.717) is 10.2 Å². The fraction of sp³-hybridized carbons (Fsp3) is 0.267. The van der Waals surface area contributed by atoms with Crippen LogP contribution in [-0.2, 0) is 0 Å². The van der Waals surface area contributed by atoms with Gasteiger partial charge in [-0.05, 0) is 83.4 Å². The normalized spacial score (nSPS) is 10.8. The molecule has 0 saturated heterocycles. The van der Waals surface area contributed by atoms with Crippen molar-refractivity contribution in [1.29, 1.82) is 0 Å². The molecule has 0 radical (unpaired) electrons. The van der Waals surface area contributed by atoms with Crippen LogP contribution in [0.1, 0.15) is 39.5 Å². The van der Waals surface area contributed by atoms with Gasteiger partial charge in [-0.2, -0.15) is 0 Å². The standard InChI is InChI=1S/C30H34N4S2/c1-3-5-17-31-29(35)33-27-11-7-9-21-13-15-23(19-25(21)27)24-16-14-22-10-8-12-28(26(22)20-24)34-30(36)32-18-6-4-2/h7-16,19-20H,3-6,17-18H2,1-2H3,(H2,31,33,35)(H2,32,34,36). The van der Waals surface area contributed by atoms with Crippen LogP contribution in [0.3, 0.4) is 0 Å². The zero-order valence-electron chi connectivity index (χ0n) is 21.0. The molecular weight excluding hydrogens is 480 g/mol. The van der Waals surface area contributed by atoms with Crippen molar-refractivity contribution in [2.45, 2.75) is 39.5 Å². The van der Waals surface area contributed by atoms with Crippen LogP contribution in [-0.4, -0.2) is 23.3 Å². The van der Waals surface area contributed by atoms with Crippen molar-refractivity contribution in [1.82, 2.24) is 10.6 Å². The molecule has 0 saturated carbocycles. The van der Waals surface area contributed by atoms with Gasteiger partial charge in [0.15, 0.2) is 10.2 Å². The quantitative estimate of drug-likeness (QED) is 0.135. The van der Waals surface area contributed by atoms with Crippen molar-refractivity contribution in [2.75, 3.05) is 23.7 Å². The van der Waals surface area contributed by atoms with E-state index < -0.39 is 0 Å². The molecule has 0 heterocycles. The van der Waals surface area contributed by atoms with Gasteiger partial charge in [0.2, 0.25) is 0 Å². The van der Waals surface area contributed by atoms with Crippen LogP contribution in [0.4, 0.5) is 11.4 Å². The van der Waals surface area contributed by atoms with E-state index in [2.05, 4.69) is 108 Å².